The van der Waals surface area contributed by atoms with Crippen molar-refractivity contribution >= 4 is 10.9 Å². The van der Waals surface area contributed by atoms with Crippen molar-refractivity contribution in [3.63, 3.8) is 0 Å². The third kappa shape index (κ3) is 3.25. The van der Waals surface area contributed by atoms with Crippen molar-refractivity contribution in [2.75, 3.05) is 6.61 Å². The van der Waals surface area contributed by atoms with Crippen LogP contribution in [0, 0.1) is 6.42 Å². The van der Waals surface area contributed by atoms with E-state index in [0.29, 0.717) is 6.61 Å². The van der Waals surface area contributed by atoms with Gasteiger partial charge >= 0.3 is 0 Å². The molecule has 0 aliphatic carbocycles. The zero-order valence-electron chi connectivity index (χ0n) is 13.7. The SMILES string of the molecule is [CH](CCCc1c[nH]c2ccccc12)CC1COc2ccccc2O1. The maximum absolute atomic E-state index is 5.98. The van der Waals surface area contributed by atoms with Gasteiger partial charge in [-0.15, -0.1) is 0 Å². The molecule has 1 aromatic heterocycles. The number of H-pyrrole nitrogens is 1. The maximum atomic E-state index is 5.98. The highest BCUT2D eigenvalue weighted by Crippen LogP contribution is 2.32. The Morgan fingerprint density at radius 2 is 1.88 bits per heavy atom. The summed E-state index contributed by atoms with van der Waals surface area (Å²) >= 11 is 0. The summed E-state index contributed by atoms with van der Waals surface area (Å²) in [6, 6.07) is 16.4. The van der Waals surface area contributed by atoms with Gasteiger partial charge < -0.3 is 14.5 Å². The highest BCUT2D eigenvalue weighted by Gasteiger charge is 2.19. The second-order valence-electron chi connectivity index (χ2n) is 6.27. The van der Waals surface area contributed by atoms with E-state index in [0.717, 1.165) is 37.2 Å². The van der Waals surface area contributed by atoms with Crippen LogP contribution in [-0.4, -0.2) is 17.7 Å². The maximum Gasteiger partial charge on any atom is 0.161 e. The predicted molar refractivity (Wildman–Crippen MR) is 96.5 cm³/mol. The van der Waals surface area contributed by atoms with Crippen molar-refractivity contribution in [3.05, 3.63) is 66.7 Å². The molecule has 0 saturated carbocycles. The lowest BCUT2D eigenvalue weighted by Crippen LogP contribution is -2.29. The number of ether oxygens (including phenoxy) is 2. The Labute approximate surface area is 142 Å². The van der Waals surface area contributed by atoms with Gasteiger partial charge in [-0.2, -0.15) is 0 Å². The smallest absolute Gasteiger partial charge is 0.161 e. The monoisotopic (exact) mass is 320 g/mol. The topological polar surface area (TPSA) is 34.2 Å². The van der Waals surface area contributed by atoms with E-state index in [-0.39, 0.29) is 6.10 Å². The fraction of sp³-hybridized carbons (Fsp3) is 0.286. The summed E-state index contributed by atoms with van der Waals surface area (Å²) in [7, 11) is 0. The molecule has 1 radical (unpaired) electrons. The first-order valence-corrected chi connectivity index (χ1v) is 8.65. The molecule has 0 saturated heterocycles. The van der Waals surface area contributed by atoms with Crippen molar-refractivity contribution in [3.8, 4) is 11.5 Å². The first-order valence-electron chi connectivity index (χ1n) is 8.65. The van der Waals surface area contributed by atoms with Crippen LogP contribution in [0.5, 0.6) is 11.5 Å². The van der Waals surface area contributed by atoms with Crippen LogP contribution in [0.1, 0.15) is 24.8 Å². The molecule has 123 valence electrons. The number of para-hydroxylation sites is 3. The van der Waals surface area contributed by atoms with Gasteiger partial charge in [0.05, 0.1) is 0 Å². The Morgan fingerprint density at radius 1 is 1.04 bits per heavy atom. The quantitative estimate of drug-likeness (QED) is 0.654. The van der Waals surface area contributed by atoms with Crippen LogP contribution in [0.3, 0.4) is 0 Å². The summed E-state index contributed by atoms with van der Waals surface area (Å²) in [6.45, 7) is 0.635. The predicted octanol–water partition coefficient (Wildman–Crippen LogP) is 4.92. The number of unbranched alkanes of at least 4 members (excludes halogenated alkanes) is 2. The van der Waals surface area contributed by atoms with Crippen molar-refractivity contribution in [1.82, 2.24) is 4.98 Å². The first-order chi connectivity index (χ1) is 11.9. The summed E-state index contributed by atoms with van der Waals surface area (Å²) in [4.78, 5) is 3.34. The van der Waals surface area contributed by atoms with Gasteiger partial charge in [0.1, 0.15) is 12.7 Å². The number of nitrogens with one attached hydrogen (secondary N) is 1. The van der Waals surface area contributed by atoms with Gasteiger partial charge in [-0.05, 0) is 55.9 Å². The molecule has 3 aromatic rings. The van der Waals surface area contributed by atoms with Crippen LogP contribution < -0.4 is 9.47 Å². The zero-order valence-corrected chi connectivity index (χ0v) is 13.7. The van der Waals surface area contributed by atoms with Crippen molar-refractivity contribution in [2.24, 2.45) is 0 Å². The van der Waals surface area contributed by atoms with E-state index in [1.54, 1.807) is 0 Å². The fourth-order valence-electron chi connectivity index (χ4n) is 3.26. The molecule has 3 nitrogen and oxygen atoms in total. The summed E-state index contributed by atoms with van der Waals surface area (Å²) in [6.07, 6.45) is 8.89. The molecular formula is C21H22NO2. The zero-order chi connectivity index (χ0) is 16.2. The molecule has 0 fully saturated rings. The number of fused-ring (bicyclic) bond motifs is 2. The van der Waals surface area contributed by atoms with Crippen LogP contribution in [0.4, 0.5) is 0 Å². The van der Waals surface area contributed by atoms with Gasteiger partial charge in [-0.3, -0.25) is 0 Å². The molecule has 1 aliphatic rings. The van der Waals surface area contributed by atoms with Crippen LogP contribution in [0.15, 0.2) is 54.7 Å². The molecule has 24 heavy (non-hydrogen) atoms. The van der Waals surface area contributed by atoms with Crippen molar-refractivity contribution in [2.45, 2.75) is 31.8 Å². The third-order valence-electron chi connectivity index (χ3n) is 4.53. The highest BCUT2D eigenvalue weighted by molar-refractivity contribution is 5.82. The standard InChI is InChI=1S/C21H22NO2/c1(2-8-16-14-22-19-11-5-4-10-18(16)19)3-9-17-15-23-20-12-6-7-13-21(20)24-17/h3-7,10-14,17,22H,1-2,8-9,15H2. The van der Waals surface area contributed by atoms with E-state index in [9.17, 15) is 0 Å². The van der Waals surface area contributed by atoms with Crippen molar-refractivity contribution < 1.29 is 9.47 Å². The Balaban J connectivity index is 1.21. The van der Waals surface area contributed by atoms with E-state index in [2.05, 4.69) is 41.9 Å². The Hall–Kier alpha value is -2.42. The van der Waals surface area contributed by atoms with Gasteiger partial charge in [0.25, 0.3) is 0 Å². The van der Waals surface area contributed by atoms with Gasteiger partial charge in [0, 0.05) is 17.1 Å². The minimum atomic E-state index is 0.132. The summed E-state index contributed by atoms with van der Waals surface area (Å²) < 4.78 is 11.7. The number of rotatable bonds is 6. The molecule has 1 unspecified atom stereocenters. The normalized spacial score (nSPS) is 16.4. The largest absolute Gasteiger partial charge is 0.486 e. The molecule has 1 atom stereocenters. The van der Waals surface area contributed by atoms with E-state index in [1.165, 1.54) is 16.5 Å². The molecule has 3 heteroatoms. The van der Waals surface area contributed by atoms with Crippen LogP contribution in [0.2, 0.25) is 0 Å². The van der Waals surface area contributed by atoms with E-state index < -0.39 is 0 Å². The van der Waals surface area contributed by atoms with E-state index >= 15 is 0 Å². The van der Waals surface area contributed by atoms with Gasteiger partial charge in [0.15, 0.2) is 11.5 Å². The minimum Gasteiger partial charge on any atom is -0.486 e. The number of hydrogen-bond donors (Lipinski definition) is 1. The van der Waals surface area contributed by atoms with Crippen LogP contribution in [-0.2, 0) is 6.42 Å². The Kier molecular flexibility index (Phi) is 4.41. The van der Waals surface area contributed by atoms with Crippen molar-refractivity contribution in [1.29, 1.82) is 0 Å². The summed E-state index contributed by atoms with van der Waals surface area (Å²) in [5.74, 6) is 1.72. The number of aromatic amines is 1. The van der Waals surface area contributed by atoms with E-state index in [1.807, 2.05) is 24.3 Å². The molecular weight excluding hydrogens is 298 g/mol. The lowest BCUT2D eigenvalue weighted by Gasteiger charge is -2.26. The number of aromatic nitrogens is 1. The van der Waals surface area contributed by atoms with Crippen LogP contribution in [0.25, 0.3) is 10.9 Å². The van der Waals surface area contributed by atoms with Crippen LogP contribution >= 0.6 is 0 Å². The molecule has 1 aliphatic heterocycles. The second-order valence-corrected chi connectivity index (χ2v) is 6.27. The average molecular weight is 320 g/mol. The highest BCUT2D eigenvalue weighted by atomic mass is 16.6. The Bertz CT molecular complexity index is 808. The molecule has 0 amide bonds. The second kappa shape index (κ2) is 7.00. The molecule has 1 N–H and O–H groups in total. The molecule has 0 bridgehead atoms. The van der Waals surface area contributed by atoms with Gasteiger partial charge in [0.2, 0.25) is 0 Å². The molecule has 2 aromatic carbocycles. The number of hydrogen-bond acceptors (Lipinski definition) is 2. The number of benzene rings is 2. The van der Waals surface area contributed by atoms with Gasteiger partial charge in [-0.1, -0.05) is 30.3 Å². The molecule has 4 rings (SSSR count). The van der Waals surface area contributed by atoms with E-state index in [4.69, 9.17) is 9.47 Å². The molecule has 2 heterocycles. The minimum absolute atomic E-state index is 0.132. The Morgan fingerprint density at radius 3 is 2.83 bits per heavy atom. The third-order valence-corrected chi connectivity index (χ3v) is 4.53. The lowest BCUT2D eigenvalue weighted by molar-refractivity contribution is 0.0900. The molecule has 0 spiro atoms. The summed E-state index contributed by atoms with van der Waals surface area (Å²) in [5.41, 5.74) is 2.63. The average Bonchev–Trinajstić information content (AvgIpc) is 3.05. The number of aryl methyl sites for hydroxylation is 1. The van der Waals surface area contributed by atoms with Gasteiger partial charge in [-0.25, -0.2) is 0 Å². The lowest BCUT2D eigenvalue weighted by atomic mass is 10.0. The summed E-state index contributed by atoms with van der Waals surface area (Å²) in [5, 5.41) is 1.35. The fourth-order valence-corrected chi connectivity index (χ4v) is 3.26. The first kappa shape index (κ1) is 15.1.